The predicted molar refractivity (Wildman–Crippen MR) is 77.7 cm³/mol. The molecule has 0 saturated carbocycles. The number of furan rings is 1. The summed E-state index contributed by atoms with van der Waals surface area (Å²) >= 11 is 0. The fourth-order valence-corrected chi connectivity index (χ4v) is 1.92. The molecule has 0 aliphatic rings. The Morgan fingerprint density at radius 2 is 1.95 bits per heavy atom. The van der Waals surface area contributed by atoms with Gasteiger partial charge in [0.1, 0.15) is 10.7 Å². The molecule has 0 amide bonds. The summed E-state index contributed by atoms with van der Waals surface area (Å²) < 4.78 is 5.08. The third-order valence-corrected chi connectivity index (χ3v) is 3.07. The SMILES string of the molecule is CCCCc1ccc(NCc2ccc([N+](=O)[O-])o2)cc1. The van der Waals surface area contributed by atoms with Crippen LogP contribution in [0.2, 0.25) is 0 Å². The third-order valence-electron chi connectivity index (χ3n) is 3.07. The highest BCUT2D eigenvalue weighted by Gasteiger charge is 2.11. The van der Waals surface area contributed by atoms with Crippen molar-refractivity contribution in [2.75, 3.05) is 5.32 Å². The number of aryl methyl sites for hydroxylation is 1. The van der Waals surface area contributed by atoms with Crippen molar-refractivity contribution in [1.29, 1.82) is 0 Å². The number of rotatable bonds is 7. The van der Waals surface area contributed by atoms with E-state index in [4.69, 9.17) is 4.42 Å². The second-order valence-corrected chi connectivity index (χ2v) is 4.65. The molecule has 0 radical (unpaired) electrons. The monoisotopic (exact) mass is 274 g/mol. The van der Waals surface area contributed by atoms with E-state index in [2.05, 4.69) is 24.4 Å². The number of nitrogens with one attached hydrogen (secondary N) is 1. The maximum absolute atomic E-state index is 10.5. The molecular weight excluding hydrogens is 256 g/mol. The van der Waals surface area contributed by atoms with Gasteiger partial charge in [0.15, 0.2) is 0 Å². The molecule has 2 aromatic rings. The molecule has 0 aliphatic heterocycles. The lowest BCUT2D eigenvalue weighted by atomic mass is 10.1. The van der Waals surface area contributed by atoms with E-state index in [9.17, 15) is 10.1 Å². The smallest absolute Gasteiger partial charge is 0.404 e. The van der Waals surface area contributed by atoms with Gasteiger partial charge in [-0.3, -0.25) is 10.1 Å². The van der Waals surface area contributed by atoms with Gasteiger partial charge in [-0.05, 0) is 36.6 Å². The Kier molecular flexibility index (Phi) is 4.76. The van der Waals surface area contributed by atoms with Crippen molar-refractivity contribution in [3.8, 4) is 0 Å². The molecule has 0 atom stereocenters. The summed E-state index contributed by atoms with van der Waals surface area (Å²) in [4.78, 5) is 9.97. The van der Waals surface area contributed by atoms with E-state index in [0.717, 1.165) is 12.1 Å². The van der Waals surface area contributed by atoms with Gasteiger partial charge in [0.25, 0.3) is 0 Å². The first kappa shape index (κ1) is 14.1. The van der Waals surface area contributed by atoms with Crippen molar-refractivity contribution in [3.63, 3.8) is 0 Å². The number of nitro groups is 1. The molecule has 0 spiro atoms. The van der Waals surface area contributed by atoms with Crippen molar-refractivity contribution in [3.05, 3.63) is 57.8 Å². The third kappa shape index (κ3) is 3.85. The average Bonchev–Trinajstić information content (AvgIpc) is 2.93. The van der Waals surface area contributed by atoms with Crippen LogP contribution in [0.25, 0.3) is 0 Å². The van der Waals surface area contributed by atoms with Crippen molar-refractivity contribution >= 4 is 11.6 Å². The van der Waals surface area contributed by atoms with Gasteiger partial charge in [0, 0.05) is 5.69 Å². The van der Waals surface area contributed by atoms with Crippen LogP contribution < -0.4 is 5.32 Å². The van der Waals surface area contributed by atoms with Gasteiger partial charge in [-0.1, -0.05) is 25.5 Å². The zero-order chi connectivity index (χ0) is 14.4. The second-order valence-electron chi connectivity index (χ2n) is 4.65. The Balaban J connectivity index is 1.88. The number of unbranched alkanes of at least 4 members (excludes halogenated alkanes) is 1. The van der Waals surface area contributed by atoms with E-state index in [1.165, 1.54) is 24.5 Å². The van der Waals surface area contributed by atoms with Crippen molar-refractivity contribution in [2.24, 2.45) is 0 Å². The summed E-state index contributed by atoms with van der Waals surface area (Å²) in [6.45, 7) is 2.61. The Labute approximate surface area is 117 Å². The molecule has 1 aromatic heterocycles. The molecule has 0 saturated heterocycles. The van der Waals surface area contributed by atoms with Gasteiger partial charge in [-0.2, -0.15) is 0 Å². The summed E-state index contributed by atoms with van der Waals surface area (Å²) in [5.74, 6) is 0.323. The van der Waals surface area contributed by atoms with Gasteiger partial charge in [-0.25, -0.2) is 0 Å². The van der Waals surface area contributed by atoms with E-state index in [-0.39, 0.29) is 5.88 Å². The molecule has 106 valence electrons. The summed E-state index contributed by atoms with van der Waals surface area (Å²) in [5.41, 5.74) is 2.30. The quantitative estimate of drug-likeness (QED) is 0.608. The lowest BCUT2D eigenvalue weighted by Gasteiger charge is -2.05. The van der Waals surface area contributed by atoms with Crippen LogP contribution in [0.3, 0.4) is 0 Å². The molecular formula is C15H18N2O3. The fourth-order valence-electron chi connectivity index (χ4n) is 1.92. The van der Waals surface area contributed by atoms with Gasteiger partial charge >= 0.3 is 5.88 Å². The number of nitrogens with zero attached hydrogens (tertiary/aromatic N) is 1. The molecule has 20 heavy (non-hydrogen) atoms. The summed E-state index contributed by atoms with van der Waals surface area (Å²) in [7, 11) is 0. The Hall–Kier alpha value is -2.30. The van der Waals surface area contributed by atoms with Crippen LogP contribution in [0.4, 0.5) is 11.6 Å². The first-order valence-electron chi connectivity index (χ1n) is 6.75. The van der Waals surface area contributed by atoms with E-state index in [0.29, 0.717) is 12.3 Å². The molecule has 0 unspecified atom stereocenters. The second kappa shape index (κ2) is 6.75. The average molecular weight is 274 g/mol. The first-order chi connectivity index (χ1) is 9.69. The maximum Gasteiger partial charge on any atom is 0.433 e. The van der Waals surface area contributed by atoms with E-state index >= 15 is 0 Å². The number of anilines is 1. The highest BCUT2D eigenvalue weighted by atomic mass is 16.6. The summed E-state index contributed by atoms with van der Waals surface area (Å²) in [5, 5.41) is 13.7. The van der Waals surface area contributed by atoms with Crippen LogP contribution in [0, 0.1) is 10.1 Å². The van der Waals surface area contributed by atoms with Crippen molar-refractivity contribution in [2.45, 2.75) is 32.7 Å². The summed E-state index contributed by atoms with van der Waals surface area (Å²) in [6.07, 6.45) is 3.49. The minimum absolute atomic E-state index is 0.225. The zero-order valence-corrected chi connectivity index (χ0v) is 11.5. The van der Waals surface area contributed by atoms with E-state index < -0.39 is 4.92 Å². The molecule has 1 N–H and O–H groups in total. The largest absolute Gasteiger partial charge is 0.433 e. The Morgan fingerprint density at radius 1 is 1.20 bits per heavy atom. The van der Waals surface area contributed by atoms with Gasteiger partial charge in [-0.15, -0.1) is 0 Å². The predicted octanol–water partition coefficient (Wildman–Crippen LogP) is 4.14. The maximum atomic E-state index is 10.5. The zero-order valence-electron chi connectivity index (χ0n) is 11.5. The van der Waals surface area contributed by atoms with Gasteiger partial charge < -0.3 is 9.73 Å². The topological polar surface area (TPSA) is 68.3 Å². The molecule has 2 rings (SSSR count). The molecule has 5 nitrogen and oxygen atoms in total. The van der Waals surface area contributed by atoms with Crippen LogP contribution in [-0.4, -0.2) is 4.92 Å². The number of benzene rings is 1. The standard InChI is InChI=1S/C15H18N2O3/c1-2-3-4-12-5-7-13(8-6-12)16-11-14-9-10-15(20-14)17(18)19/h5-10,16H,2-4,11H2,1H3. The first-order valence-corrected chi connectivity index (χ1v) is 6.75. The Morgan fingerprint density at radius 3 is 2.55 bits per heavy atom. The highest BCUT2D eigenvalue weighted by molar-refractivity contribution is 5.44. The lowest BCUT2D eigenvalue weighted by molar-refractivity contribution is -0.402. The molecule has 1 aromatic carbocycles. The van der Waals surface area contributed by atoms with Crippen LogP contribution >= 0.6 is 0 Å². The highest BCUT2D eigenvalue weighted by Crippen LogP contribution is 2.17. The summed E-state index contributed by atoms with van der Waals surface area (Å²) in [6, 6.07) is 11.2. The van der Waals surface area contributed by atoms with Crippen molar-refractivity contribution < 1.29 is 9.34 Å². The minimum atomic E-state index is -0.536. The van der Waals surface area contributed by atoms with Gasteiger partial charge in [0.2, 0.25) is 0 Å². The molecule has 1 heterocycles. The Bertz CT molecular complexity index is 561. The molecule has 0 fully saturated rings. The number of hydrogen-bond acceptors (Lipinski definition) is 4. The fraction of sp³-hybridized carbons (Fsp3) is 0.333. The van der Waals surface area contributed by atoms with E-state index in [1.807, 2.05) is 12.1 Å². The van der Waals surface area contributed by atoms with Crippen LogP contribution in [0.1, 0.15) is 31.1 Å². The molecule has 0 bridgehead atoms. The minimum Gasteiger partial charge on any atom is -0.404 e. The van der Waals surface area contributed by atoms with E-state index in [1.54, 1.807) is 6.07 Å². The molecule has 0 aliphatic carbocycles. The van der Waals surface area contributed by atoms with Crippen LogP contribution in [0.5, 0.6) is 0 Å². The van der Waals surface area contributed by atoms with Crippen LogP contribution in [0.15, 0.2) is 40.8 Å². The van der Waals surface area contributed by atoms with Gasteiger partial charge in [0.05, 0.1) is 12.6 Å². The lowest BCUT2D eigenvalue weighted by Crippen LogP contribution is -1.98. The van der Waals surface area contributed by atoms with Crippen LogP contribution in [-0.2, 0) is 13.0 Å². The van der Waals surface area contributed by atoms with Crippen molar-refractivity contribution in [1.82, 2.24) is 0 Å². The molecule has 5 heteroatoms. The number of hydrogen-bond donors (Lipinski definition) is 1. The normalized spacial score (nSPS) is 10.4.